The Balaban J connectivity index is 2.05. The second-order valence-electron chi connectivity index (χ2n) is 4.36. The van der Waals surface area contributed by atoms with Gasteiger partial charge in [0, 0.05) is 6.54 Å². The standard InChI is InChI=1S/C15H16Cl2N2O/c1-3-20-12-6-4-11(5-7-12)9-18-14-10(2)8-13(16)19-15(14)17/h4-8,18H,3,9H2,1-2H3. The molecule has 0 radical (unpaired) electrons. The van der Waals surface area contributed by atoms with Crippen LogP contribution in [0.25, 0.3) is 0 Å². The van der Waals surface area contributed by atoms with Crippen LogP contribution < -0.4 is 10.1 Å². The highest BCUT2D eigenvalue weighted by molar-refractivity contribution is 6.34. The summed E-state index contributed by atoms with van der Waals surface area (Å²) in [7, 11) is 0. The van der Waals surface area contributed by atoms with Crippen LogP contribution in [-0.2, 0) is 6.54 Å². The van der Waals surface area contributed by atoms with E-state index >= 15 is 0 Å². The van der Waals surface area contributed by atoms with Gasteiger partial charge in [0.05, 0.1) is 12.3 Å². The Morgan fingerprint density at radius 3 is 2.50 bits per heavy atom. The minimum Gasteiger partial charge on any atom is -0.494 e. The molecule has 0 aliphatic carbocycles. The summed E-state index contributed by atoms with van der Waals surface area (Å²) in [5, 5.41) is 4.07. The molecule has 1 aromatic carbocycles. The number of nitrogens with one attached hydrogen (secondary N) is 1. The monoisotopic (exact) mass is 310 g/mol. The van der Waals surface area contributed by atoms with Crippen molar-refractivity contribution in [3.63, 3.8) is 0 Å². The van der Waals surface area contributed by atoms with Crippen LogP contribution in [-0.4, -0.2) is 11.6 Å². The molecular weight excluding hydrogens is 295 g/mol. The number of anilines is 1. The molecule has 0 atom stereocenters. The molecule has 2 aromatic rings. The van der Waals surface area contributed by atoms with Crippen molar-refractivity contribution in [2.45, 2.75) is 20.4 Å². The molecule has 5 heteroatoms. The summed E-state index contributed by atoms with van der Waals surface area (Å²) in [6, 6.07) is 9.73. The number of aromatic nitrogens is 1. The first kappa shape index (κ1) is 14.9. The van der Waals surface area contributed by atoms with E-state index in [4.69, 9.17) is 27.9 Å². The lowest BCUT2D eigenvalue weighted by Crippen LogP contribution is -2.03. The van der Waals surface area contributed by atoms with Crippen molar-refractivity contribution in [1.29, 1.82) is 0 Å². The third-order valence-corrected chi connectivity index (χ3v) is 3.31. The average Bonchev–Trinajstić information content (AvgIpc) is 2.39. The molecule has 106 valence electrons. The van der Waals surface area contributed by atoms with Gasteiger partial charge >= 0.3 is 0 Å². The third kappa shape index (κ3) is 3.78. The van der Waals surface area contributed by atoms with E-state index in [1.165, 1.54) is 0 Å². The van der Waals surface area contributed by atoms with Gasteiger partial charge in [0.1, 0.15) is 10.9 Å². The minimum atomic E-state index is 0.390. The first-order chi connectivity index (χ1) is 9.60. The topological polar surface area (TPSA) is 34.1 Å². The lowest BCUT2D eigenvalue weighted by atomic mass is 10.2. The van der Waals surface area contributed by atoms with Crippen LogP contribution in [0.4, 0.5) is 5.69 Å². The number of ether oxygens (including phenoxy) is 1. The second kappa shape index (κ2) is 6.82. The van der Waals surface area contributed by atoms with Crippen molar-refractivity contribution in [2.24, 2.45) is 0 Å². The molecule has 20 heavy (non-hydrogen) atoms. The van der Waals surface area contributed by atoms with E-state index < -0.39 is 0 Å². The van der Waals surface area contributed by atoms with Crippen LogP contribution >= 0.6 is 23.2 Å². The van der Waals surface area contributed by atoms with Gasteiger partial charge in [-0.3, -0.25) is 0 Å². The molecule has 1 N–H and O–H groups in total. The molecule has 1 heterocycles. The molecule has 0 spiro atoms. The van der Waals surface area contributed by atoms with Gasteiger partial charge in [-0.2, -0.15) is 0 Å². The third-order valence-electron chi connectivity index (χ3n) is 2.84. The van der Waals surface area contributed by atoms with Crippen LogP contribution in [0.5, 0.6) is 5.75 Å². The fraction of sp³-hybridized carbons (Fsp3) is 0.267. The summed E-state index contributed by atoms with van der Waals surface area (Å²) in [6.45, 7) is 5.24. The number of rotatable bonds is 5. The van der Waals surface area contributed by atoms with E-state index in [2.05, 4.69) is 10.3 Å². The van der Waals surface area contributed by atoms with Crippen molar-refractivity contribution < 1.29 is 4.74 Å². The van der Waals surface area contributed by atoms with Gasteiger partial charge in [-0.1, -0.05) is 35.3 Å². The number of aryl methyl sites for hydroxylation is 1. The van der Waals surface area contributed by atoms with Crippen LogP contribution in [0.2, 0.25) is 10.3 Å². The van der Waals surface area contributed by atoms with Crippen LogP contribution in [0.3, 0.4) is 0 Å². The van der Waals surface area contributed by atoms with E-state index in [-0.39, 0.29) is 0 Å². The zero-order chi connectivity index (χ0) is 14.5. The van der Waals surface area contributed by atoms with Crippen molar-refractivity contribution in [3.8, 4) is 5.75 Å². The number of nitrogens with zero attached hydrogens (tertiary/aromatic N) is 1. The quantitative estimate of drug-likeness (QED) is 0.812. The molecule has 0 saturated carbocycles. The highest BCUT2D eigenvalue weighted by atomic mass is 35.5. The molecule has 0 fully saturated rings. The lowest BCUT2D eigenvalue weighted by molar-refractivity contribution is 0.340. The SMILES string of the molecule is CCOc1ccc(CNc2c(C)cc(Cl)nc2Cl)cc1. The molecular formula is C15H16Cl2N2O. The highest BCUT2D eigenvalue weighted by Crippen LogP contribution is 2.27. The Hall–Kier alpha value is -1.45. The predicted octanol–water partition coefficient (Wildman–Crippen LogP) is 4.71. The largest absolute Gasteiger partial charge is 0.494 e. The Morgan fingerprint density at radius 1 is 1.20 bits per heavy atom. The van der Waals surface area contributed by atoms with Crippen molar-refractivity contribution >= 4 is 28.9 Å². The van der Waals surface area contributed by atoms with Crippen molar-refractivity contribution in [3.05, 3.63) is 51.8 Å². The molecule has 0 amide bonds. The Bertz CT molecular complexity index is 562. The highest BCUT2D eigenvalue weighted by Gasteiger charge is 2.07. The summed E-state index contributed by atoms with van der Waals surface area (Å²) in [4.78, 5) is 4.03. The van der Waals surface area contributed by atoms with Gasteiger partial charge in [-0.25, -0.2) is 4.98 Å². The van der Waals surface area contributed by atoms with E-state index in [0.717, 1.165) is 22.6 Å². The van der Waals surface area contributed by atoms with Crippen LogP contribution in [0.1, 0.15) is 18.1 Å². The smallest absolute Gasteiger partial charge is 0.154 e. The molecule has 1 aromatic heterocycles. The molecule has 0 saturated heterocycles. The molecule has 0 bridgehead atoms. The molecule has 3 nitrogen and oxygen atoms in total. The first-order valence-corrected chi connectivity index (χ1v) is 7.14. The van der Waals surface area contributed by atoms with E-state index in [1.54, 1.807) is 6.07 Å². The van der Waals surface area contributed by atoms with Gasteiger partial charge < -0.3 is 10.1 Å². The first-order valence-electron chi connectivity index (χ1n) is 6.38. The maximum atomic E-state index is 6.09. The molecule has 2 rings (SSSR count). The number of hydrogen-bond acceptors (Lipinski definition) is 3. The van der Waals surface area contributed by atoms with Gasteiger partial charge in [0.2, 0.25) is 0 Å². The zero-order valence-electron chi connectivity index (χ0n) is 11.4. The predicted molar refractivity (Wildman–Crippen MR) is 83.9 cm³/mol. The molecule has 0 aliphatic heterocycles. The van der Waals surface area contributed by atoms with Crippen molar-refractivity contribution in [1.82, 2.24) is 4.98 Å². The number of hydrogen-bond donors (Lipinski definition) is 1. The fourth-order valence-electron chi connectivity index (χ4n) is 1.87. The van der Waals surface area contributed by atoms with Crippen molar-refractivity contribution in [2.75, 3.05) is 11.9 Å². The number of halogens is 2. The normalized spacial score (nSPS) is 10.4. The fourth-order valence-corrected chi connectivity index (χ4v) is 2.47. The Labute approximate surface area is 128 Å². The van der Waals surface area contributed by atoms with E-state index in [1.807, 2.05) is 38.1 Å². The summed E-state index contributed by atoms with van der Waals surface area (Å²) < 4.78 is 5.41. The second-order valence-corrected chi connectivity index (χ2v) is 5.10. The molecule has 0 unspecified atom stereocenters. The summed E-state index contributed by atoms with van der Waals surface area (Å²) >= 11 is 11.9. The zero-order valence-corrected chi connectivity index (χ0v) is 12.9. The summed E-state index contributed by atoms with van der Waals surface area (Å²) in [6.07, 6.45) is 0. The van der Waals surface area contributed by atoms with Crippen LogP contribution in [0.15, 0.2) is 30.3 Å². The average molecular weight is 311 g/mol. The molecule has 0 aliphatic rings. The summed E-state index contributed by atoms with van der Waals surface area (Å²) in [5.41, 5.74) is 2.92. The Morgan fingerprint density at radius 2 is 1.90 bits per heavy atom. The van der Waals surface area contributed by atoms with Gasteiger partial charge in [-0.15, -0.1) is 0 Å². The number of pyridine rings is 1. The maximum absolute atomic E-state index is 6.09. The van der Waals surface area contributed by atoms with Gasteiger partial charge in [-0.05, 0) is 43.2 Å². The van der Waals surface area contributed by atoms with Crippen LogP contribution in [0, 0.1) is 6.92 Å². The number of benzene rings is 1. The lowest BCUT2D eigenvalue weighted by Gasteiger charge is -2.12. The minimum absolute atomic E-state index is 0.390. The van der Waals surface area contributed by atoms with Gasteiger partial charge in [0.15, 0.2) is 5.15 Å². The van der Waals surface area contributed by atoms with Gasteiger partial charge in [0.25, 0.3) is 0 Å². The van der Waals surface area contributed by atoms with E-state index in [9.17, 15) is 0 Å². The maximum Gasteiger partial charge on any atom is 0.154 e. The Kier molecular flexibility index (Phi) is 5.10. The summed E-state index contributed by atoms with van der Waals surface area (Å²) in [5.74, 6) is 0.874. The van der Waals surface area contributed by atoms with E-state index in [0.29, 0.717) is 23.5 Å².